The van der Waals surface area contributed by atoms with Gasteiger partial charge in [-0.25, -0.2) is 0 Å². The van der Waals surface area contributed by atoms with E-state index in [4.69, 9.17) is 20.9 Å². The van der Waals surface area contributed by atoms with Gasteiger partial charge in [0.1, 0.15) is 34.1 Å². The van der Waals surface area contributed by atoms with Gasteiger partial charge in [0.05, 0.1) is 0 Å². The highest BCUT2D eigenvalue weighted by Crippen LogP contribution is 2.38. The fraction of sp³-hybridized carbons (Fsp3) is 0.321. The molecule has 2 aromatic heterocycles. The van der Waals surface area contributed by atoms with Crippen molar-refractivity contribution in [3.8, 4) is 23.0 Å². The van der Waals surface area contributed by atoms with Crippen molar-refractivity contribution < 1.29 is 19.1 Å². The number of hydrogen-bond donors (Lipinski definition) is 2. The standard InChI is InChI=1S/C32H33N3O2.C21H27N3O2/c33-32(36)29-23-34-19-15-30(29)37-28-13-11-24(12-14-28)16-20-35-21-17-27(18-22-35)31(25-7-3-1-4-8-25)26-9-5-2-6-10-26;1-15-11-16(2)14-24(13-15)10-8-17-3-5-18(6-4-17)26-20-7-9-23-12-19(20)21(22)25/h1-15,19,23,27,31H,16-18,20-22H2,(H2,33,36);3-7,9,12,15-16H,8,10-11,13-14H2,1-2H3,(H2,22,25). The fourth-order valence-electron chi connectivity index (χ4n) is 9.13. The number of nitrogens with zero attached hydrogens (tertiary/aromatic N) is 4. The molecule has 0 aliphatic carbocycles. The van der Waals surface area contributed by atoms with Gasteiger partial charge in [-0.05, 0) is 122 Å². The number of primary amides is 2. The Kier molecular flexibility index (Phi) is 15.7. The Hall–Kier alpha value is -6.36. The highest BCUT2D eigenvalue weighted by molar-refractivity contribution is 5.95. The summed E-state index contributed by atoms with van der Waals surface area (Å²) < 4.78 is 11.7. The number of rotatable bonds is 15. The Morgan fingerprint density at radius 1 is 0.603 bits per heavy atom. The zero-order valence-electron chi connectivity index (χ0n) is 36.5. The number of pyridine rings is 2. The second-order valence-corrected chi connectivity index (χ2v) is 17.1. The van der Waals surface area contributed by atoms with Crippen LogP contribution in [0, 0.1) is 17.8 Å². The van der Waals surface area contributed by atoms with E-state index in [1.54, 1.807) is 24.5 Å². The molecule has 10 heteroatoms. The van der Waals surface area contributed by atoms with Crippen molar-refractivity contribution in [2.45, 2.75) is 51.9 Å². The van der Waals surface area contributed by atoms with Crippen molar-refractivity contribution in [1.29, 1.82) is 0 Å². The number of piperidine rings is 2. The van der Waals surface area contributed by atoms with E-state index in [0.717, 1.165) is 50.9 Å². The lowest BCUT2D eigenvalue weighted by molar-refractivity contribution is 0.0989. The number of amides is 2. The maximum absolute atomic E-state index is 11.6. The van der Waals surface area contributed by atoms with Gasteiger partial charge >= 0.3 is 0 Å². The summed E-state index contributed by atoms with van der Waals surface area (Å²) in [6.45, 7) is 11.5. The average Bonchev–Trinajstić information content (AvgIpc) is 3.30. The Labute approximate surface area is 372 Å². The molecule has 2 amide bonds. The van der Waals surface area contributed by atoms with Crippen molar-refractivity contribution in [1.82, 2.24) is 19.8 Å². The molecule has 2 aliphatic rings. The second-order valence-electron chi connectivity index (χ2n) is 17.1. The highest BCUT2D eigenvalue weighted by atomic mass is 16.5. The van der Waals surface area contributed by atoms with Crippen molar-refractivity contribution in [3.05, 3.63) is 179 Å². The first-order valence-electron chi connectivity index (χ1n) is 22.2. The number of carbonyl (C=O) groups is 2. The van der Waals surface area contributed by atoms with Gasteiger partial charge in [0.15, 0.2) is 0 Å². The average molecular weight is 845 g/mol. The van der Waals surface area contributed by atoms with E-state index in [0.29, 0.717) is 34.8 Å². The van der Waals surface area contributed by atoms with Gasteiger partial charge in [-0.2, -0.15) is 0 Å². The van der Waals surface area contributed by atoms with Gasteiger partial charge in [0.2, 0.25) is 0 Å². The van der Waals surface area contributed by atoms with Crippen LogP contribution in [-0.4, -0.2) is 70.9 Å². The number of benzene rings is 4. The number of hydrogen-bond acceptors (Lipinski definition) is 8. The molecule has 63 heavy (non-hydrogen) atoms. The largest absolute Gasteiger partial charge is 0.456 e. The van der Waals surface area contributed by atoms with Crippen LogP contribution in [0.3, 0.4) is 0 Å². The monoisotopic (exact) mass is 844 g/mol. The van der Waals surface area contributed by atoms with Crippen LogP contribution < -0.4 is 20.9 Å². The summed E-state index contributed by atoms with van der Waals surface area (Å²) in [5.41, 5.74) is 16.7. The van der Waals surface area contributed by atoms with Gasteiger partial charge in [-0.3, -0.25) is 19.6 Å². The number of nitrogens with two attached hydrogens (primary N) is 2. The third kappa shape index (κ3) is 12.8. The summed E-state index contributed by atoms with van der Waals surface area (Å²) in [6.07, 6.45) is 11.8. The molecule has 4 N–H and O–H groups in total. The molecule has 8 rings (SSSR count). The Bertz CT molecular complexity index is 2300. The lowest BCUT2D eigenvalue weighted by atomic mass is 9.76. The number of likely N-dealkylation sites (tertiary alicyclic amines) is 2. The van der Waals surface area contributed by atoms with E-state index in [9.17, 15) is 9.59 Å². The molecule has 2 aliphatic heterocycles. The zero-order valence-corrected chi connectivity index (χ0v) is 36.5. The molecular weight excluding hydrogens is 785 g/mol. The number of carbonyl (C=O) groups excluding carboxylic acids is 2. The van der Waals surface area contributed by atoms with E-state index in [-0.39, 0.29) is 11.1 Å². The van der Waals surface area contributed by atoms with Crippen molar-refractivity contribution in [2.75, 3.05) is 39.3 Å². The van der Waals surface area contributed by atoms with Crippen molar-refractivity contribution >= 4 is 11.8 Å². The van der Waals surface area contributed by atoms with Gasteiger partial charge in [0.25, 0.3) is 11.8 Å². The predicted molar refractivity (Wildman–Crippen MR) is 249 cm³/mol. The summed E-state index contributed by atoms with van der Waals surface area (Å²) in [7, 11) is 0. The molecule has 0 spiro atoms. The summed E-state index contributed by atoms with van der Waals surface area (Å²) in [5.74, 6) is 3.78. The summed E-state index contributed by atoms with van der Waals surface area (Å²) >= 11 is 0. The Morgan fingerprint density at radius 2 is 1.03 bits per heavy atom. The van der Waals surface area contributed by atoms with E-state index in [1.165, 1.54) is 67.0 Å². The van der Waals surface area contributed by atoms with E-state index in [1.807, 2.05) is 24.3 Å². The summed E-state index contributed by atoms with van der Waals surface area (Å²) in [5, 5.41) is 0. The summed E-state index contributed by atoms with van der Waals surface area (Å²) in [4.78, 5) is 36.1. The quantitative estimate of drug-likeness (QED) is 0.104. The Balaban J connectivity index is 0.000000201. The molecule has 4 heterocycles. The molecule has 6 aromatic rings. The van der Waals surface area contributed by atoms with Crippen LogP contribution in [0.5, 0.6) is 23.0 Å². The zero-order chi connectivity index (χ0) is 44.0. The topological polar surface area (TPSA) is 137 Å². The molecule has 10 nitrogen and oxygen atoms in total. The SMILES string of the molecule is CC1CC(C)CN(CCc2ccc(Oc3ccncc3C(N)=O)cc2)C1.NC(=O)c1cnccc1Oc1ccc(CCN2CCC(C(c3ccccc3)c3ccccc3)CC2)cc1. The van der Waals surface area contributed by atoms with Crippen molar-refractivity contribution in [3.63, 3.8) is 0 Å². The van der Waals surface area contributed by atoms with Crippen LogP contribution in [0.4, 0.5) is 0 Å². The maximum Gasteiger partial charge on any atom is 0.254 e. The Morgan fingerprint density at radius 3 is 1.46 bits per heavy atom. The van der Waals surface area contributed by atoms with Crippen LogP contribution in [-0.2, 0) is 12.8 Å². The predicted octanol–water partition coefficient (Wildman–Crippen LogP) is 9.55. The van der Waals surface area contributed by atoms with Crippen LogP contribution in [0.15, 0.2) is 146 Å². The third-order valence-corrected chi connectivity index (χ3v) is 12.2. The van der Waals surface area contributed by atoms with Crippen LogP contribution in [0.1, 0.15) is 82.0 Å². The maximum atomic E-state index is 11.6. The minimum Gasteiger partial charge on any atom is -0.456 e. The first-order chi connectivity index (χ1) is 30.7. The van der Waals surface area contributed by atoms with Gasteiger partial charge in [0, 0.05) is 56.9 Å². The highest BCUT2D eigenvalue weighted by Gasteiger charge is 2.29. The first kappa shape index (κ1) is 44.7. The normalized spacial score (nSPS) is 17.1. The lowest BCUT2D eigenvalue weighted by Crippen LogP contribution is -2.39. The van der Waals surface area contributed by atoms with E-state index < -0.39 is 11.8 Å². The lowest BCUT2D eigenvalue weighted by Gasteiger charge is -2.36. The summed E-state index contributed by atoms with van der Waals surface area (Å²) in [6, 6.07) is 41.3. The van der Waals surface area contributed by atoms with Crippen LogP contribution >= 0.6 is 0 Å². The molecule has 2 fully saturated rings. The fourth-order valence-corrected chi connectivity index (χ4v) is 9.13. The molecule has 2 unspecified atom stereocenters. The van der Waals surface area contributed by atoms with Crippen LogP contribution in [0.25, 0.3) is 0 Å². The van der Waals surface area contributed by atoms with Crippen molar-refractivity contribution in [2.24, 2.45) is 29.2 Å². The molecule has 0 saturated carbocycles. The van der Waals surface area contributed by atoms with E-state index >= 15 is 0 Å². The molecule has 4 aromatic carbocycles. The minimum absolute atomic E-state index is 0.275. The van der Waals surface area contributed by atoms with E-state index in [2.05, 4.69) is 119 Å². The molecule has 2 atom stereocenters. The number of aromatic nitrogens is 2. The molecular formula is C53H60N6O4. The first-order valence-corrected chi connectivity index (χ1v) is 22.2. The molecule has 0 radical (unpaired) electrons. The number of ether oxygens (including phenoxy) is 2. The molecule has 0 bridgehead atoms. The third-order valence-electron chi connectivity index (χ3n) is 12.2. The smallest absolute Gasteiger partial charge is 0.254 e. The van der Waals surface area contributed by atoms with Gasteiger partial charge < -0.3 is 30.7 Å². The van der Waals surface area contributed by atoms with Gasteiger partial charge in [-0.1, -0.05) is 98.8 Å². The second kappa shape index (κ2) is 22.1. The van der Waals surface area contributed by atoms with Gasteiger partial charge in [-0.15, -0.1) is 0 Å². The van der Waals surface area contributed by atoms with Crippen LogP contribution in [0.2, 0.25) is 0 Å². The molecule has 326 valence electrons. The molecule has 2 saturated heterocycles. The minimum atomic E-state index is -0.553.